The Hall–Kier alpha value is -3.28. The summed E-state index contributed by atoms with van der Waals surface area (Å²) in [6.07, 6.45) is 5.62. The molecule has 1 saturated carbocycles. The minimum absolute atomic E-state index is 0.0210. The Morgan fingerprint density at radius 1 is 1.14 bits per heavy atom. The molecular formula is C25H33FN8O2. The van der Waals surface area contributed by atoms with E-state index in [0.29, 0.717) is 5.69 Å². The number of carbonyl (C=O) groups is 1. The molecule has 2 fully saturated rings. The van der Waals surface area contributed by atoms with Gasteiger partial charge in [0, 0.05) is 42.8 Å². The van der Waals surface area contributed by atoms with E-state index in [0.717, 1.165) is 82.0 Å². The van der Waals surface area contributed by atoms with Gasteiger partial charge in [-0.15, -0.1) is 0 Å². The highest BCUT2D eigenvalue weighted by Crippen LogP contribution is 2.28. The number of nitrogens with zero attached hydrogens (tertiary/aromatic N) is 4. The van der Waals surface area contributed by atoms with Crippen LogP contribution in [0.25, 0.3) is 10.9 Å². The van der Waals surface area contributed by atoms with Crippen molar-refractivity contribution in [2.45, 2.75) is 44.3 Å². The maximum absolute atomic E-state index is 14.8. The third-order valence-electron chi connectivity index (χ3n) is 7.02. The lowest BCUT2D eigenvalue weighted by molar-refractivity contribution is 0.0361. The second-order valence-corrected chi connectivity index (χ2v) is 9.50. The molecule has 5 rings (SSSR count). The molecule has 2 aliphatic rings. The maximum atomic E-state index is 14.8. The van der Waals surface area contributed by atoms with Crippen LogP contribution in [-0.4, -0.2) is 70.5 Å². The molecule has 1 aliphatic carbocycles. The molecule has 2 aromatic heterocycles. The third-order valence-corrected chi connectivity index (χ3v) is 7.02. The SMILES string of the molecule is NC(=O)c1cc(F)c(NC2CCCCC2N)nc1Nc1ccc2c(cnn2CCN2CCOCC2)c1. The van der Waals surface area contributed by atoms with E-state index in [1.165, 1.54) is 0 Å². The molecule has 6 N–H and O–H groups in total. The summed E-state index contributed by atoms with van der Waals surface area (Å²) >= 11 is 0. The van der Waals surface area contributed by atoms with Crippen molar-refractivity contribution in [3.63, 3.8) is 0 Å². The quantitative estimate of drug-likeness (QED) is 0.373. The second-order valence-electron chi connectivity index (χ2n) is 9.50. The molecule has 11 heteroatoms. The Kier molecular flexibility index (Phi) is 7.30. The molecule has 36 heavy (non-hydrogen) atoms. The fourth-order valence-corrected chi connectivity index (χ4v) is 4.93. The van der Waals surface area contributed by atoms with Crippen molar-refractivity contribution < 1.29 is 13.9 Å². The summed E-state index contributed by atoms with van der Waals surface area (Å²) in [6.45, 7) is 5.09. The number of nitrogens with one attached hydrogen (secondary N) is 2. The molecule has 0 spiro atoms. The number of hydrogen-bond donors (Lipinski definition) is 4. The second kappa shape index (κ2) is 10.8. The number of pyridine rings is 1. The number of benzene rings is 1. The Labute approximate surface area is 209 Å². The first kappa shape index (κ1) is 24.4. The molecule has 0 bridgehead atoms. The van der Waals surface area contributed by atoms with Gasteiger partial charge in [0.15, 0.2) is 11.6 Å². The molecule has 0 radical (unpaired) electrons. The summed E-state index contributed by atoms with van der Waals surface area (Å²) in [5.41, 5.74) is 13.4. The van der Waals surface area contributed by atoms with Crippen LogP contribution in [0.2, 0.25) is 0 Å². The van der Waals surface area contributed by atoms with Gasteiger partial charge in [-0.05, 0) is 37.1 Å². The van der Waals surface area contributed by atoms with Crippen molar-refractivity contribution in [3.05, 3.63) is 41.8 Å². The molecule has 1 saturated heterocycles. The van der Waals surface area contributed by atoms with Crippen molar-refractivity contribution in [2.24, 2.45) is 11.5 Å². The van der Waals surface area contributed by atoms with Crippen LogP contribution in [0.5, 0.6) is 0 Å². The van der Waals surface area contributed by atoms with Gasteiger partial charge in [0.25, 0.3) is 5.91 Å². The van der Waals surface area contributed by atoms with Gasteiger partial charge in [-0.3, -0.25) is 14.4 Å². The molecular weight excluding hydrogens is 463 g/mol. The van der Waals surface area contributed by atoms with Crippen LogP contribution < -0.4 is 22.1 Å². The van der Waals surface area contributed by atoms with Crippen LogP contribution in [0.15, 0.2) is 30.5 Å². The molecule has 3 heterocycles. The van der Waals surface area contributed by atoms with Crippen LogP contribution >= 0.6 is 0 Å². The van der Waals surface area contributed by atoms with E-state index in [9.17, 15) is 9.18 Å². The number of morpholine rings is 1. The molecule has 192 valence electrons. The van der Waals surface area contributed by atoms with Crippen LogP contribution in [0.3, 0.4) is 0 Å². The number of primary amides is 1. The monoisotopic (exact) mass is 496 g/mol. The first-order valence-electron chi connectivity index (χ1n) is 12.5. The number of carbonyl (C=O) groups excluding carboxylic acids is 1. The summed E-state index contributed by atoms with van der Waals surface area (Å²) < 4.78 is 22.2. The molecule has 1 aliphatic heterocycles. The molecule has 2 atom stereocenters. The Morgan fingerprint density at radius 3 is 2.72 bits per heavy atom. The van der Waals surface area contributed by atoms with Gasteiger partial charge in [0.2, 0.25) is 0 Å². The predicted molar refractivity (Wildman–Crippen MR) is 137 cm³/mol. The number of hydrogen-bond acceptors (Lipinski definition) is 8. The average Bonchev–Trinajstić information content (AvgIpc) is 3.28. The van der Waals surface area contributed by atoms with Crippen LogP contribution in [0.4, 0.5) is 21.7 Å². The van der Waals surface area contributed by atoms with Gasteiger partial charge in [0.1, 0.15) is 5.82 Å². The van der Waals surface area contributed by atoms with E-state index < -0.39 is 11.7 Å². The van der Waals surface area contributed by atoms with Crippen LogP contribution in [-0.2, 0) is 11.3 Å². The molecule has 2 unspecified atom stereocenters. The number of fused-ring (bicyclic) bond motifs is 1. The van der Waals surface area contributed by atoms with Crippen LogP contribution in [0, 0.1) is 5.82 Å². The lowest BCUT2D eigenvalue weighted by atomic mass is 9.91. The highest BCUT2D eigenvalue weighted by Gasteiger charge is 2.24. The number of nitrogens with two attached hydrogens (primary N) is 2. The van der Waals surface area contributed by atoms with Crippen molar-refractivity contribution in [2.75, 3.05) is 43.5 Å². The predicted octanol–water partition coefficient (Wildman–Crippen LogP) is 2.43. The Balaban J connectivity index is 1.35. The lowest BCUT2D eigenvalue weighted by Gasteiger charge is -2.30. The van der Waals surface area contributed by atoms with E-state index in [1.807, 2.05) is 29.1 Å². The van der Waals surface area contributed by atoms with Gasteiger partial charge >= 0.3 is 0 Å². The summed E-state index contributed by atoms with van der Waals surface area (Å²) in [6, 6.07) is 6.75. The van der Waals surface area contributed by atoms with Crippen LogP contribution in [0.1, 0.15) is 36.0 Å². The van der Waals surface area contributed by atoms with Gasteiger partial charge < -0.3 is 26.8 Å². The minimum atomic E-state index is -0.762. The first-order chi connectivity index (χ1) is 17.5. The minimum Gasteiger partial charge on any atom is -0.379 e. The number of rotatable bonds is 8. The lowest BCUT2D eigenvalue weighted by Crippen LogP contribution is -2.43. The third kappa shape index (κ3) is 5.43. The number of halogens is 1. The molecule has 3 aromatic rings. The van der Waals surface area contributed by atoms with Crippen molar-refractivity contribution in [1.29, 1.82) is 0 Å². The van der Waals surface area contributed by atoms with E-state index in [4.69, 9.17) is 16.2 Å². The number of aromatic nitrogens is 3. The first-order valence-corrected chi connectivity index (χ1v) is 12.5. The van der Waals surface area contributed by atoms with Crippen molar-refractivity contribution in [3.8, 4) is 0 Å². The summed E-state index contributed by atoms with van der Waals surface area (Å²) in [7, 11) is 0. The van der Waals surface area contributed by atoms with E-state index in [2.05, 4.69) is 25.6 Å². The van der Waals surface area contributed by atoms with Crippen molar-refractivity contribution >= 4 is 34.1 Å². The van der Waals surface area contributed by atoms with Gasteiger partial charge in [-0.1, -0.05) is 12.8 Å². The van der Waals surface area contributed by atoms with Gasteiger partial charge in [0.05, 0.1) is 37.0 Å². The summed E-state index contributed by atoms with van der Waals surface area (Å²) in [4.78, 5) is 18.8. The topological polar surface area (TPSA) is 136 Å². The zero-order valence-corrected chi connectivity index (χ0v) is 20.3. The van der Waals surface area contributed by atoms with Gasteiger partial charge in [-0.25, -0.2) is 9.37 Å². The largest absolute Gasteiger partial charge is 0.379 e. The maximum Gasteiger partial charge on any atom is 0.252 e. The number of amides is 1. The fourth-order valence-electron chi connectivity index (χ4n) is 4.93. The zero-order chi connectivity index (χ0) is 25.1. The highest BCUT2D eigenvalue weighted by atomic mass is 19.1. The van der Waals surface area contributed by atoms with E-state index in [1.54, 1.807) is 0 Å². The number of ether oxygens (including phenoxy) is 1. The Bertz CT molecular complexity index is 1230. The normalized spacial score (nSPS) is 20.9. The molecule has 1 amide bonds. The van der Waals surface area contributed by atoms with E-state index in [-0.39, 0.29) is 29.3 Å². The zero-order valence-electron chi connectivity index (χ0n) is 20.3. The number of anilines is 3. The smallest absolute Gasteiger partial charge is 0.252 e. The highest BCUT2D eigenvalue weighted by molar-refractivity contribution is 5.99. The van der Waals surface area contributed by atoms with E-state index >= 15 is 0 Å². The molecule has 1 aromatic carbocycles. The summed E-state index contributed by atoms with van der Waals surface area (Å²) in [5, 5.41) is 11.8. The Morgan fingerprint density at radius 2 is 1.94 bits per heavy atom. The molecule has 10 nitrogen and oxygen atoms in total. The average molecular weight is 497 g/mol. The van der Waals surface area contributed by atoms with Gasteiger partial charge in [-0.2, -0.15) is 5.10 Å². The standard InChI is InChI=1S/C25H33FN8O2/c26-19-14-18(23(28)35)24(32-25(19)31-21-4-2-1-3-20(21)27)30-17-5-6-22-16(13-17)15-29-34(22)8-7-33-9-11-36-12-10-33/h5-6,13-15,20-21H,1-4,7-12,27H2,(H2,28,35)(H2,30,31,32). The summed E-state index contributed by atoms with van der Waals surface area (Å²) in [5.74, 6) is -1.15. The van der Waals surface area contributed by atoms with Crippen molar-refractivity contribution in [1.82, 2.24) is 19.7 Å². The fraction of sp³-hybridized carbons (Fsp3) is 0.480.